The monoisotopic (exact) mass is 454 g/mol. The van der Waals surface area contributed by atoms with Gasteiger partial charge in [-0.25, -0.2) is 4.39 Å². The van der Waals surface area contributed by atoms with Crippen molar-refractivity contribution in [1.82, 2.24) is 15.1 Å². The number of carbonyl (C=O) groups excluding carboxylic acids is 2. The zero-order valence-electron chi connectivity index (χ0n) is 18.4. The average Bonchev–Trinajstić information content (AvgIpc) is 3.26. The molecule has 3 saturated heterocycles. The van der Waals surface area contributed by atoms with Gasteiger partial charge in [0, 0.05) is 64.0 Å². The Balaban J connectivity index is 1.18. The first kappa shape index (κ1) is 21.6. The van der Waals surface area contributed by atoms with Gasteiger partial charge in [-0.1, -0.05) is 0 Å². The SMILES string of the molecule is O=C(C1CC(=O)N(c2ccc(F)cc2)C1)N1CCN(c2cc(N3CCOCC3)cnn2)CC1. The molecular formula is C23H27FN6O3. The second kappa shape index (κ2) is 9.30. The van der Waals surface area contributed by atoms with Crippen molar-refractivity contribution in [3.8, 4) is 0 Å². The van der Waals surface area contributed by atoms with Crippen LogP contribution in [-0.2, 0) is 14.3 Å². The maximum absolute atomic E-state index is 13.2. The van der Waals surface area contributed by atoms with Gasteiger partial charge in [0.25, 0.3) is 0 Å². The van der Waals surface area contributed by atoms with E-state index in [0.717, 1.165) is 24.6 Å². The molecule has 0 bridgehead atoms. The topological polar surface area (TPSA) is 82.1 Å². The van der Waals surface area contributed by atoms with Crippen LogP contribution >= 0.6 is 0 Å². The van der Waals surface area contributed by atoms with Gasteiger partial charge >= 0.3 is 0 Å². The first-order valence-corrected chi connectivity index (χ1v) is 11.3. The minimum atomic E-state index is -0.376. The van der Waals surface area contributed by atoms with Crippen molar-refractivity contribution < 1.29 is 18.7 Å². The molecule has 1 aromatic heterocycles. The number of piperazine rings is 1. The van der Waals surface area contributed by atoms with Gasteiger partial charge in [-0.3, -0.25) is 9.59 Å². The number of hydrogen-bond donors (Lipinski definition) is 0. The van der Waals surface area contributed by atoms with Crippen molar-refractivity contribution >= 4 is 29.0 Å². The van der Waals surface area contributed by atoms with E-state index >= 15 is 0 Å². The summed E-state index contributed by atoms with van der Waals surface area (Å²) >= 11 is 0. The van der Waals surface area contributed by atoms with Gasteiger partial charge in [0.05, 0.1) is 31.0 Å². The molecular weight excluding hydrogens is 427 g/mol. The number of nitrogens with zero attached hydrogens (tertiary/aromatic N) is 6. The molecule has 0 N–H and O–H groups in total. The molecule has 1 unspecified atom stereocenters. The zero-order valence-corrected chi connectivity index (χ0v) is 18.4. The number of benzene rings is 1. The molecule has 0 aliphatic carbocycles. The summed E-state index contributed by atoms with van der Waals surface area (Å²) < 4.78 is 18.6. The highest BCUT2D eigenvalue weighted by atomic mass is 19.1. The molecule has 3 aliphatic rings. The number of carbonyl (C=O) groups is 2. The lowest BCUT2D eigenvalue weighted by atomic mass is 10.1. The molecule has 2 amide bonds. The highest BCUT2D eigenvalue weighted by Crippen LogP contribution is 2.27. The van der Waals surface area contributed by atoms with Crippen LogP contribution in [0.4, 0.5) is 21.6 Å². The second-order valence-corrected chi connectivity index (χ2v) is 8.57. The third-order valence-electron chi connectivity index (χ3n) is 6.53. The molecule has 0 saturated carbocycles. The fourth-order valence-corrected chi connectivity index (χ4v) is 4.65. The van der Waals surface area contributed by atoms with Gasteiger partial charge in [-0.05, 0) is 24.3 Å². The molecule has 5 rings (SSSR count). The number of morpholine rings is 1. The Hall–Kier alpha value is -3.27. The fraction of sp³-hybridized carbons (Fsp3) is 0.478. The van der Waals surface area contributed by atoms with Crippen LogP contribution in [0.2, 0.25) is 0 Å². The number of anilines is 3. The molecule has 0 radical (unpaired) electrons. The molecule has 33 heavy (non-hydrogen) atoms. The molecule has 3 aliphatic heterocycles. The molecule has 9 nitrogen and oxygen atoms in total. The van der Waals surface area contributed by atoms with Crippen molar-refractivity contribution in [2.24, 2.45) is 5.92 Å². The van der Waals surface area contributed by atoms with Crippen LogP contribution in [0.5, 0.6) is 0 Å². The minimum absolute atomic E-state index is 0.000707. The summed E-state index contributed by atoms with van der Waals surface area (Å²) in [4.78, 5) is 33.4. The summed E-state index contributed by atoms with van der Waals surface area (Å²) in [5, 5.41) is 8.48. The molecule has 4 heterocycles. The van der Waals surface area contributed by atoms with Crippen molar-refractivity contribution in [2.75, 3.05) is 73.7 Å². The third kappa shape index (κ3) is 4.61. The second-order valence-electron chi connectivity index (χ2n) is 8.57. The van der Waals surface area contributed by atoms with E-state index in [9.17, 15) is 14.0 Å². The first-order valence-electron chi connectivity index (χ1n) is 11.3. The number of ether oxygens (including phenoxy) is 1. The van der Waals surface area contributed by atoms with Crippen LogP contribution < -0.4 is 14.7 Å². The van der Waals surface area contributed by atoms with Crippen LogP contribution in [0, 0.1) is 11.7 Å². The van der Waals surface area contributed by atoms with Gasteiger partial charge < -0.3 is 24.3 Å². The van der Waals surface area contributed by atoms with Crippen LogP contribution in [-0.4, -0.2) is 85.9 Å². The Bertz CT molecular complexity index is 1010. The van der Waals surface area contributed by atoms with E-state index in [4.69, 9.17) is 4.74 Å². The molecule has 1 atom stereocenters. The maximum Gasteiger partial charge on any atom is 0.228 e. The Kier molecular flexibility index (Phi) is 6.08. The summed E-state index contributed by atoms with van der Waals surface area (Å²) in [6, 6.07) is 7.85. The molecule has 2 aromatic rings. The van der Waals surface area contributed by atoms with Crippen LogP contribution in [0.1, 0.15) is 6.42 Å². The number of aromatic nitrogens is 2. The lowest BCUT2D eigenvalue weighted by molar-refractivity contribution is -0.136. The largest absolute Gasteiger partial charge is 0.378 e. The van der Waals surface area contributed by atoms with E-state index in [1.807, 2.05) is 11.0 Å². The standard InChI is InChI=1S/C23H27FN6O3/c24-18-1-3-19(4-2-18)30-16-17(13-22(30)31)23(32)29-7-5-28(6-8-29)21-14-20(15-25-26-21)27-9-11-33-12-10-27/h1-4,14-15,17H,5-13,16H2. The first-order chi connectivity index (χ1) is 16.1. The quantitative estimate of drug-likeness (QED) is 0.686. The molecule has 3 fully saturated rings. The average molecular weight is 455 g/mol. The molecule has 1 aromatic carbocycles. The molecule has 10 heteroatoms. The predicted molar refractivity (Wildman–Crippen MR) is 121 cm³/mol. The number of amides is 2. The van der Waals surface area contributed by atoms with Crippen LogP contribution in [0.15, 0.2) is 36.5 Å². The Morgan fingerprint density at radius 1 is 0.970 bits per heavy atom. The van der Waals surface area contributed by atoms with Crippen LogP contribution in [0.3, 0.4) is 0 Å². The van der Waals surface area contributed by atoms with Crippen molar-refractivity contribution in [3.05, 3.63) is 42.3 Å². The van der Waals surface area contributed by atoms with E-state index in [2.05, 4.69) is 20.0 Å². The Labute approximate surface area is 191 Å². The minimum Gasteiger partial charge on any atom is -0.378 e. The third-order valence-corrected chi connectivity index (χ3v) is 6.53. The van der Waals surface area contributed by atoms with E-state index in [0.29, 0.717) is 51.6 Å². The highest BCUT2D eigenvalue weighted by molar-refractivity contribution is 6.00. The number of hydrogen-bond acceptors (Lipinski definition) is 7. The number of halogens is 1. The normalized spacial score (nSPS) is 21.6. The van der Waals surface area contributed by atoms with Crippen LogP contribution in [0.25, 0.3) is 0 Å². The Morgan fingerprint density at radius 2 is 1.70 bits per heavy atom. The summed E-state index contributed by atoms with van der Waals surface area (Å²) in [6.07, 6.45) is 1.96. The molecule has 0 spiro atoms. The smallest absolute Gasteiger partial charge is 0.228 e. The van der Waals surface area contributed by atoms with Gasteiger partial charge in [0.1, 0.15) is 5.82 Å². The van der Waals surface area contributed by atoms with E-state index < -0.39 is 0 Å². The van der Waals surface area contributed by atoms with E-state index in [1.165, 1.54) is 12.1 Å². The lowest BCUT2D eigenvalue weighted by Gasteiger charge is -2.36. The maximum atomic E-state index is 13.2. The summed E-state index contributed by atoms with van der Waals surface area (Å²) in [6.45, 7) is 5.89. The van der Waals surface area contributed by atoms with Gasteiger partial charge in [-0.15, -0.1) is 5.10 Å². The Morgan fingerprint density at radius 3 is 2.42 bits per heavy atom. The van der Waals surface area contributed by atoms with Gasteiger partial charge in [0.15, 0.2) is 5.82 Å². The molecule has 174 valence electrons. The zero-order chi connectivity index (χ0) is 22.8. The van der Waals surface area contributed by atoms with Crippen molar-refractivity contribution in [2.45, 2.75) is 6.42 Å². The predicted octanol–water partition coefficient (Wildman–Crippen LogP) is 1.15. The van der Waals surface area contributed by atoms with Crippen molar-refractivity contribution in [1.29, 1.82) is 0 Å². The van der Waals surface area contributed by atoms with Crippen molar-refractivity contribution in [3.63, 3.8) is 0 Å². The lowest BCUT2D eigenvalue weighted by Crippen LogP contribution is -2.51. The fourth-order valence-electron chi connectivity index (χ4n) is 4.65. The van der Waals surface area contributed by atoms with Gasteiger partial charge in [-0.2, -0.15) is 5.10 Å². The van der Waals surface area contributed by atoms with E-state index in [1.54, 1.807) is 23.2 Å². The number of rotatable bonds is 4. The van der Waals surface area contributed by atoms with E-state index in [-0.39, 0.29) is 30.0 Å². The summed E-state index contributed by atoms with van der Waals surface area (Å²) in [5.74, 6) is -0.0196. The summed E-state index contributed by atoms with van der Waals surface area (Å²) in [7, 11) is 0. The van der Waals surface area contributed by atoms with Gasteiger partial charge in [0.2, 0.25) is 11.8 Å². The summed E-state index contributed by atoms with van der Waals surface area (Å²) in [5.41, 5.74) is 1.66. The highest BCUT2D eigenvalue weighted by Gasteiger charge is 2.38.